The second-order valence-corrected chi connectivity index (χ2v) is 6.44. The van der Waals surface area contributed by atoms with Gasteiger partial charge in [-0.05, 0) is 42.5 Å². The third-order valence-electron chi connectivity index (χ3n) is 3.68. The smallest absolute Gasteiger partial charge is 0.395 e. The fourth-order valence-corrected chi connectivity index (χ4v) is 3.40. The summed E-state index contributed by atoms with van der Waals surface area (Å²) in [6, 6.07) is 17.5. The molecule has 7 nitrogen and oxygen atoms in total. The Labute approximate surface area is 151 Å². The maximum atomic E-state index is 12.1. The van der Waals surface area contributed by atoms with Crippen LogP contribution in [0.25, 0.3) is 20.8 Å². The number of hydrogen-bond acceptors (Lipinski definition) is 6. The summed E-state index contributed by atoms with van der Waals surface area (Å²) in [4.78, 5) is 26.6. The second kappa shape index (κ2) is 6.41. The first kappa shape index (κ1) is 16.0. The molecule has 1 amide bonds. The van der Waals surface area contributed by atoms with E-state index in [0.29, 0.717) is 5.69 Å². The normalized spacial score (nSPS) is 10.8. The minimum Gasteiger partial charge on any atom is -0.395 e. The van der Waals surface area contributed by atoms with Crippen LogP contribution in [0.15, 0.2) is 65.1 Å². The number of fused-ring (bicyclic) bond motifs is 1. The van der Waals surface area contributed by atoms with Crippen LogP contribution in [0.1, 0.15) is 10.6 Å². The summed E-state index contributed by atoms with van der Waals surface area (Å²) in [7, 11) is 0. The third kappa shape index (κ3) is 3.05. The minimum absolute atomic E-state index is 0.119. The van der Waals surface area contributed by atoms with E-state index in [1.54, 1.807) is 23.5 Å². The van der Waals surface area contributed by atoms with Crippen LogP contribution in [-0.2, 0) is 0 Å². The van der Waals surface area contributed by atoms with Crippen LogP contribution in [-0.4, -0.2) is 15.8 Å². The Bertz CT molecular complexity index is 1080. The number of hydrogen-bond donors (Lipinski definition) is 1. The van der Waals surface area contributed by atoms with E-state index < -0.39 is 16.7 Å². The average molecular weight is 365 g/mol. The first-order valence-corrected chi connectivity index (χ1v) is 8.43. The largest absolute Gasteiger partial charge is 0.433 e. The van der Waals surface area contributed by atoms with E-state index in [1.807, 2.05) is 36.4 Å². The van der Waals surface area contributed by atoms with Crippen molar-refractivity contribution in [2.75, 3.05) is 5.32 Å². The highest BCUT2D eigenvalue weighted by molar-refractivity contribution is 7.21. The molecule has 2 heterocycles. The average Bonchev–Trinajstić information content (AvgIpc) is 3.29. The van der Waals surface area contributed by atoms with Crippen LogP contribution in [0.3, 0.4) is 0 Å². The Morgan fingerprint density at radius 3 is 2.54 bits per heavy atom. The zero-order valence-electron chi connectivity index (χ0n) is 13.2. The maximum absolute atomic E-state index is 12.1. The van der Waals surface area contributed by atoms with Crippen molar-refractivity contribution in [2.24, 2.45) is 0 Å². The number of carbonyl (C=O) groups is 1. The van der Waals surface area contributed by atoms with Gasteiger partial charge in [-0.3, -0.25) is 14.9 Å². The van der Waals surface area contributed by atoms with E-state index in [-0.39, 0.29) is 5.76 Å². The fraction of sp³-hybridized carbons (Fsp3) is 0. The molecule has 0 spiro atoms. The van der Waals surface area contributed by atoms with Gasteiger partial charge in [0.15, 0.2) is 5.76 Å². The lowest BCUT2D eigenvalue weighted by Gasteiger charge is -2.03. The van der Waals surface area contributed by atoms with E-state index in [0.717, 1.165) is 26.9 Å². The molecule has 1 N–H and O–H groups in total. The molecule has 4 rings (SSSR count). The van der Waals surface area contributed by atoms with Crippen LogP contribution < -0.4 is 5.32 Å². The highest BCUT2D eigenvalue weighted by Gasteiger charge is 2.17. The Morgan fingerprint density at radius 2 is 1.85 bits per heavy atom. The predicted octanol–water partition coefficient (Wildman–Crippen LogP) is 4.72. The molecule has 128 valence electrons. The van der Waals surface area contributed by atoms with Gasteiger partial charge in [-0.25, -0.2) is 4.98 Å². The molecule has 0 fully saturated rings. The number of anilines is 1. The predicted molar refractivity (Wildman–Crippen MR) is 98.4 cm³/mol. The van der Waals surface area contributed by atoms with Crippen LogP contribution >= 0.6 is 11.3 Å². The summed E-state index contributed by atoms with van der Waals surface area (Å²) in [6.45, 7) is 0. The number of amides is 1. The molecule has 0 bridgehead atoms. The molecule has 0 atom stereocenters. The van der Waals surface area contributed by atoms with Crippen molar-refractivity contribution in [3.05, 3.63) is 76.5 Å². The van der Waals surface area contributed by atoms with E-state index in [2.05, 4.69) is 10.3 Å². The molecule has 2 aromatic heterocycles. The molecule has 2 aromatic carbocycles. The van der Waals surface area contributed by atoms with Crippen LogP contribution in [0, 0.1) is 10.1 Å². The van der Waals surface area contributed by atoms with Crippen molar-refractivity contribution in [1.29, 1.82) is 0 Å². The summed E-state index contributed by atoms with van der Waals surface area (Å²) in [5.74, 6) is -1.14. The lowest BCUT2D eigenvalue weighted by molar-refractivity contribution is -0.402. The summed E-state index contributed by atoms with van der Waals surface area (Å²) >= 11 is 1.60. The Hall–Kier alpha value is -3.52. The first-order chi connectivity index (χ1) is 12.6. The Kier molecular flexibility index (Phi) is 3.94. The molecule has 0 unspecified atom stereocenters. The molecule has 0 aliphatic rings. The number of nitro groups is 1. The number of furan rings is 1. The van der Waals surface area contributed by atoms with Crippen molar-refractivity contribution >= 4 is 39.0 Å². The van der Waals surface area contributed by atoms with Crippen molar-refractivity contribution in [1.82, 2.24) is 4.98 Å². The summed E-state index contributed by atoms with van der Waals surface area (Å²) in [5, 5.41) is 14.1. The van der Waals surface area contributed by atoms with Gasteiger partial charge in [0, 0.05) is 11.3 Å². The van der Waals surface area contributed by atoms with Crippen LogP contribution in [0.5, 0.6) is 0 Å². The molecular formula is C18H11N3O4S. The minimum atomic E-state index is -0.691. The molecule has 0 aliphatic heterocycles. The number of nitrogens with zero attached hydrogens (tertiary/aromatic N) is 2. The number of aromatic nitrogens is 1. The molecule has 0 saturated carbocycles. The van der Waals surface area contributed by atoms with Gasteiger partial charge in [-0.15, -0.1) is 11.3 Å². The molecule has 4 aromatic rings. The molecule has 0 radical (unpaired) electrons. The zero-order chi connectivity index (χ0) is 18.1. The maximum Gasteiger partial charge on any atom is 0.433 e. The summed E-state index contributed by atoms with van der Waals surface area (Å²) in [6.07, 6.45) is 0. The highest BCUT2D eigenvalue weighted by Crippen LogP contribution is 2.30. The molecular weight excluding hydrogens is 354 g/mol. The van der Waals surface area contributed by atoms with Gasteiger partial charge < -0.3 is 9.73 Å². The number of carbonyl (C=O) groups excluding carboxylic acids is 1. The Balaban J connectivity index is 1.51. The van der Waals surface area contributed by atoms with Crippen molar-refractivity contribution in [3.8, 4) is 10.6 Å². The Morgan fingerprint density at radius 1 is 1.08 bits per heavy atom. The second-order valence-electron chi connectivity index (χ2n) is 5.41. The van der Waals surface area contributed by atoms with Crippen molar-refractivity contribution in [2.45, 2.75) is 0 Å². The van der Waals surface area contributed by atoms with Gasteiger partial charge in [0.25, 0.3) is 5.91 Å². The highest BCUT2D eigenvalue weighted by atomic mass is 32.1. The molecule has 0 saturated heterocycles. The quantitative estimate of drug-likeness (QED) is 0.417. The van der Waals surface area contributed by atoms with Gasteiger partial charge in [-0.2, -0.15) is 0 Å². The number of thiazole rings is 1. The molecule has 26 heavy (non-hydrogen) atoms. The SMILES string of the molecule is O=C(Nc1ccc(-c2nc3ccccc3s2)cc1)c1ccc([N+](=O)[O-])o1. The zero-order valence-corrected chi connectivity index (χ0v) is 14.0. The molecule has 0 aliphatic carbocycles. The fourth-order valence-electron chi connectivity index (χ4n) is 2.43. The monoisotopic (exact) mass is 365 g/mol. The van der Waals surface area contributed by atoms with Gasteiger partial charge in [-0.1, -0.05) is 12.1 Å². The lowest BCUT2D eigenvalue weighted by atomic mass is 10.2. The third-order valence-corrected chi connectivity index (χ3v) is 4.76. The number of nitrogens with one attached hydrogen (secondary N) is 1. The van der Waals surface area contributed by atoms with E-state index in [4.69, 9.17) is 4.42 Å². The van der Waals surface area contributed by atoms with Gasteiger partial charge in [0.1, 0.15) is 9.93 Å². The van der Waals surface area contributed by atoms with E-state index in [1.165, 1.54) is 6.07 Å². The van der Waals surface area contributed by atoms with Gasteiger partial charge >= 0.3 is 5.88 Å². The van der Waals surface area contributed by atoms with Crippen molar-refractivity contribution in [3.63, 3.8) is 0 Å². The van der Waals surface area contributed by atoms with Gasteiger partial charge in [0.05, 0.1) is 16.3 Å². The first-order valence-electron chi connectivity index (χ1n) is 7.62. The summed E-state index contributed by atoms with van der Waals surface area (Å²) < 4.78 is 6.00. The number of para-hydroxylation sites is 1. The van der Waals surface area contributed by atoms with Gasteiger partial charge in [0.2, 0.25) is 0 Å². The van der Waals surface area contributed by atoms with E-state index >= 15 is 0 Å². The molecule has 8 heteroatoms. The van der Waals surface area contributed by atoms with Crippen molar-refractivity contribution < 1.29 is 14.1 Å². The lowest BCUT2D eigenvalue weighted by Crippen LogP contribution is -2.10. The number of benzene rings is 2. The van der Waals surface area contributed by atoms with E-state index in [9.17, 15) is 14.9 Å². The van der Waals surface area contributed by atoms with Crippen LogP contribution in [0.4, 0.5) is 11.6 Å². The van der Waals surface area contributed by atoms with Crippen LogP contribution in [0.2, 0.25) is 0 Å². The summed E-state index contributed by atoms with van der Waals surface area (Å²) in [5.41, 5.74) is 2.45. The standard InChI is InChI=1S/C18H11N3O4S/c22-17(14-9-10-16(25-14)21(23)24)19-12-7-5-11(6-8-12)18-20-13-3-1-2-4-15(13)26-18/h1-10H,(H,19,22). The number of rotatable bonds is 4. The topological polar surface area (TPSA) is 98.3 Å².